The fourth-order valence-corrected chi connectivity index (χ4v) is 3.46. The van der Waals surface area contributed by atoms with Gasteiger partial charge in [0.05, 0.1) is 6.54 Å². The number of anilines is 1. The summed E-state index contributed by atoms with van der Waals surface area (Å²) in [5.74, 6) is 2.78. The molecule has 24 heavy (non-hydrogen) atoms. The number of ether oxygens (including phenoxy) is 1. The van der Waals surface area contributed by atoms with E-state index < -0.39 is 0 Å². The van der Waals surface area contributed by atoms with Crippen LogP contribution in [0.4, 0.5) is 5.95 Å². The van der Waals surface area contributed by atoms with E-state index in [0.717, 1.165) is 50.2 Å². The highest BCUT2D eigenvalue weighted by Crippen LogP contribution is 2.32. The van der Waals surface area contributed by atoms with E-state index in [2.05, 4.69) is 57.0 Å². The first kappa shape index (κ1) is 15.6. The van der Waals surface area contributed by atoms with Crippen LogP contribution in [0.1, 0.15) is 49.6 Å². The lowest BCUT2D eigenvalue weighted by Gasteiger charge is -2.24. The zero-order valence-corrected chi connectivity index (χ0v) is 14.4. The van der Waals surface area contributed by atoms with Crippen molar-refractivity contribution in [2.75, 3.05) is 25.1 Å². The van der Waals surface area contributed by atoms with E-state index in [-0.39, 0.29) is 6.10 Å². The predicted octanol–water partition coefficient (Wildman–Crippen LogP) is 3.41. The lowest BCUT2D eigenvalue weighted by molar-refractivity contribution is 0.00739. The molecule has 0 radical (unpaired) electrons. The average molecular weight is 326 g/mol. The monoisotopic (exact) mass is 326 g/mol. The molecule has 0 amide bonds. The zero-order valence-electron chi connectivity index (χ0n) is 14.4. The number of aromatic nitrogens is 3. The predicted molar refractivity (Wildman–Crippen MR) is 94.1 cm³/mol. The third-order valence-corrected chi connectivity index (χ3v) is 4.98. The maximum Gasteiger partial charge on any atom is 0.227 e. The van der Waals surface area contributed by atoms with Gasteiger partial charge in [0.1, 0.15) is 6.10 Å². The Bertz CT molecular complexity index is 659. The van der Waals surface area contributed by atoms with Gasteiger partial charge in [0, 0.05) is 20.2 Å². The second-order valence-electron chi connectivity index (χ2n) is 7.11. The van der Waals surface area contributed by atoms with Crippen LogP contribution in [0.2, 0.25) is 0 Å². The summed E-state index contributed by atoms with van der Waals surface area (Å²) in [6.45, 7) is 2.70. The van der Waals surface area contributed by atoms with E-state index in [1.54, 1.807) is 0 Å². The Balaban J connectivity index is 1.63. The van der Waals surface area contributed by atoms with Crippen LogP contribution in [0.15, 0.2) is 30.3 Å². The van der Waals surface area contributed by atoms with Crippen LogP contribution in [0, 0.1) is 5.92 Å². The number of benzene rings is 1. The highest BCUT2D eigenvalue weighted by Gasteiger charge is 2.28. The SMILES string of the molecule is CN(CC1CC1)c1nnc(C2CCCCO2)n1Cc1ccccc1. The van der Waals surface area contributed by atoms with Gasteiger partial charge in [-0.05, 0) is 43.6 Å². The molecule has 2 aromatic rings. The van der Waals surface area contributed by atoms with Gasteiger partial charge in [0.15, 0.2) is 5.82 Å². The van der Waals surface area contributed by atoms with Crippen LogP contribution in [0.5, 0.6) is 0 Å². The first-order valence-electron chi connectivity index (χ1n) is 9.11. The fourth-order valence-electron chi connectivity index (χ4n) is 3.46. The minimum absolute atomic E-state index is 0.0815. The molecule has 1 aliphatic heterocycles. The maximum absolute atomic E-state index is 5.99. The molecule has 1 aromatic heterocycles. The minimum Gasteiger partial charge on any atom is -0.370 e. The number of rotatable bonds is 6. The molecule has 0 bridgehead atoms. The molecule has 2 aliphatic rings. The third kappa shape index (κ3) is 3.46. The molecule has 4 rings (SSSR count). The van der Waals surface area contributed by atoms with Crippen LogP contribution in [0.25, 0.3) is 0 Å². The summed E-state index contributed by atoms with van der Waals surface area (Å²) in [7, 11) is 2.13. The van der Waals surface area contributed by atoms with Crippen LogP contribution in [0.3, 0.4) is 0 Å². The summed E-state index contributed by atoms with van der Waals surface area (Å²) in [4.78, 5) is 2.26. The van der Waals surface area contributed by atoms with Gasteiger partial charge >= 0.3 is 0 Å². The van der Waals surface area contributed by atoms with Crippen molar-refractivity contribution >= 4 is 5.95 Å². The molecule has 0 N–H and O–H groups in total. The summed E-state index contributed by atoms with van der Waals surface area (Å²) in [6.07, 6.45) is 6.16. The molecule has 2 fully saturated rings. The number of hydrogen-bond acceptors (Lipinski definition) is 4. The highest BCUT2D eigenvalue weighted by molar-refractivity contribution is 5.32. The normalized spacial score (nSPS) is 21.0. The number of nitrogens with zero attached hydrogens (tertiary/aromatic N) is 4. The lowest BCUT2D eigenvalue weighted by atomic mass is 10.1. The Kier molecular flexibility index (Phi) is 4.52. The summed E-state index contributed by atoms with van der Waals surface area (Å²) >= 11 is 0. The topological polar surface area (TPSA) is 43.2 Å². The molecule has 1 atom stereocenters. The van der Waals surface area contributed by atoms with Crippen LogP contribution >= 0.6 is 0 Å². The van der Waals surface area contributed by atoms with Gasteiger partial charge in [0.2, 0.25) is 5.95 Å². The van der Waals surface area contributed by atoms with E-state index in [1.165, 1.54) is 24.8 Å². The Morgan fingerprint density at radius 1 is 1.12 bits per heavy atom. The van der Waals surface area contributed by atoms with Crippen molar-refractivity contribution in [2.24, 2.45) is 5.92 Å². The van der Waals surface area contributed by atoms with Crippen molar-refractivity contribution in [3.8, 4) is 0 Å². The van der Waals surface area contributed by atoms with E-state index in [1.807, 2.05) is 0 Å². The van der Waals surface area contributed by atoms with Crippen molar-refractivity contribution in [1.29, 1.82) is 0 Å². The van der Waals surface area contributed by atoms with E-state index in [0.29, 0.717) is 0 Å². The minimum atomic E-state index is 0.0815. The van der Waals surface area contributed by atoms with Gasteiger partial charge in [-0.2, -0.15) is 0 Å². The van der Waals surface area contributed by atoms with Gasteiger partial charge in [-0.1, -0.05) is 30.3 Å². The quantitative estimate of drug-likeness (QED) is 0.816. The molecule has 5 nitrogen and oxygen atoms in total. The van der Waals surface area contributed by atoms with Gasteiger partial charge in [-0.15, -0.1) is 10.2 Å². The van der Waals surface area contributed by atoms with Crippen molar-refractivity contribution in [3.05, 3.63) is 41.7 Å². The first-order chi connectivity index (χ1) is 11.8. The van der Waals surface area contributed by atoms with Gasteiger partial charge in [-0.25, -0.2) is 0 Å². The molecule has 0 spiro atoms. The van der Waals surface area contributed by atoms with Gasteiger partial charge < -0.3 is 9.64 Å². The van der Waals surface area contributed by atoms with Crippen molar-refractivity contribution in [2.45, 2.75) is 44.8 Å². The van der Waals surface area contributed by atoms with Crippen molar-refractivity contribution in [1.82, 2.24) is 14.8 Å². The molecule has 1 aliphatic carbocycles. The molecule has 1 saturated carbocycles. The molecule has 2 heterocycles. The fraction of sp³-hybridized carbons (Fsp3) is 0.579. The van der Waals surface area contributed by atoms with E-state index in [4.69, 9.17) is 4.74 Å². The molecule has 1 aromatic carbocycles. The van der Waals surface area contributed by atoms with Crippen molar-refractivity contribution < 1.29 is 4.74 Å². The Morgan fingerprint density at radius 3 is 2.67 bits per heavy atom. The second-order valence-corrected chi connectivity index (χ2v) is 7.11. The molecule has 5 heteroatoms. The largest absolute Gasteiger partial charge is 0.370 e. The highest BCUT2D eigenvalue weighted by atomic mass is 16.5. The standard InChI is InChI=1S/C19H26N4O/c1-22(13-16-10-11-16)19-21-20-18(17-9-5-6-12-24-17)23(19)14-15-7-3-2-4-8-15/h2-4,7-8,16-17H,5-6,9-14H2,1H3. The zero-order chi connectivity index (χ0) is 16.4. The van der Waals surface area contributed by atoms with Crippen LogP contribution in [-0.4, -0.2) is 35.0 Å². The molecular weight excluding hydrogens is 300 g/mol. The maximum atomic E-state index is 5.99. The van der Waals surface area contributed by atoms with Crippen LogP contribution in [-0.2, 0) is 11.3 Å². The Morgan fingerprint density at radius 2 is 1.96 bits per heavy atom. The molecule has 128 valence electrons. The first-order valence-corrected chi connectivity index (χ1v) is 9.11. The van der Waals surface area contributed by atoms with Crippen LogP contribution < -0.4 is 4.90 Å². The van der Waals surface area contributed by atoms with Gasteiger partial charge in [0.25, 0.3) is 0 Å². The summed E-state index contributed by atoms with van der Waals surface area (Å²) < 4.78 is 8.24. The average Bonchev–Trinajstić information content (AvgIpc) is 3.34. The van der Waals surface area contributed by atoms with E-state index >= 15 is 0 Å². The summed E-state index contributed by atoms with van der Waals surface area (Å²) in [6, 6.07) is 10.6. The third-order valence-electron chi connectivity index (χ3n) is 4.98. The number of hydrogen-bond donors (Lipinski definition) is 0. The van der Waals surface area contributed by atoms with Crippen molar-refractivity contribution in [3.63, 3.8) is 0 Å². The summed E-state index contributed by atoms with van der Waals surface area (Å²) in [5, 5.41) is 9.06. The van der Waals surface area contributed by atoms with Gasteiger partial charge in [-0.3, -0.25) is 4.57 Å². The molecule has 1 unspecified atom stereocenters. The second kappa shape index (κ2) is 6.93. The Labute approximate surface area is 143 Å². The molecular formula is C19H26N4O. The molecule has 1 saturated heterocycles. The Hall–Kier alpha value is -1.88. The smallest absolute Gasteiger partial charge is 0.227 e. The van der Waals surface area contributed by atoms with E-state index in [9.17, 15) is 0 Å². The lowest BCUT2D eigenvalue weighted by Crippen LogP contribution is -2.25. The summed E-state index contributed by atoms with van der Waals surface area (Å²) in [5.41, 5.74) is 1.27.